The topological polar surface area (TPSA) is 73.1 Å². The highest BCUT2D eigenvalue weighted by Crippen LogP contribution is 2.43. The van der Waals surface area contributed by atoms with Crippen LogP contribution in [0.1, 0.15) is 44.1 Å². The number of piperidine rings is 1. The third-order valence-corrected chi connectivity index (χ3v) is 6.90. The Morgan fingerprint density at radius 3 is 2.41 bits per heavy atom. The van der Waals surface area contributed by atoms with Crippen LogP contribution in [-0.2, 0) is 10.2 Å². The lowest BCUT2D eigenvalue weighted by molar-refractivity contribution is -0.139. The van der Waals surface area contributed by atoms with Crippen LogP contribution in [0.3, 0.4) is 0 Å². The van der Waals surface area contributed by atoms with Crippen LogP contribution in [0.2, 0.25) is 5.02 Å². The second-order valence-electron chi connectivity index (χ2n) is 8.59. The van der Waals surface area contributed by atoms with Crippen LogP contribution in [-0.4, -0.2) is 50.0 Å². The van der Waals surface area contributed by atoms with E-state index in [1.54, 1.807) is 10.9 Å². The molecule has 3 aromatic rings. The Morgan fingerprint density at radius 2 is 1.78 bits per heavy atom. The van der Waals surface area contributed by atoms with Gasteiger partial charge in [0.2, 0.25) is 11.8 Å². The van der Waals surface area contributed by atoms with Gasteiger partial charge in [-0.2, -0.15) is 5.10 Å². The molecule has 7 nitrogen and oxygen atoms in total. The first kappa shape index (κ1) is 20.9. The number of hydrogen-bond donors (Lipinski definition) is 0. The summed E-state index contributed by atoms with van der Waals surface area (Å²) >= 11 is 6.09. The summed E-state index contributed by atoms with van der Waals surface area (Å²) in [6.07, 6.45) is 9.09. The predicted molar refractivity (Wildman–Crippen MR) is 121 cm³/mol. The highest BCUT2D eigenvalue weighted by atomic mass is 35.5. The van der Waals surface area contributed by atoms with E-state index in [9.17, 15) is 4.79 Å². The molecule has 0 N–H and O–H groups in total. The summed E-state index contributed by atoms with van der Waals surface area (Å²) < 4.78 is 7.70. The molecule has 0 radical (unpaired) electrons. The Balaban J connectivity index is 1.21. The van der Waals surface area contributed by atoms with E-state index in [0.29, 0.717) is 29.8 Å². The van der Waals surface area contributed by atoms with Crippen molar-refractivity contribution in [2.75, 3.05) is 13.1 Å². The monoisotopic (exact) mass is 451 g/mol. The van der Waals surface area contributed by atoms with Crippen molar-refractivity contribution < 1.29 is 9.53 Å². The summed E-state index contributed by atoms with van der Waals surface area (Å²) in [6.45, 7) is 1.38. The van der Waals surface area contributed by atoms with E-state index in [2.05, 4.69) is 15.3 Å². The van der Waals surface area contributed by atoms with Crippen LogP contribution in [0.15, 0.2) is 54.9 Å². The van der Waals surface area contributed by atoms with Gasteiger partial charge in [0.05, 0.1) is 5.41 Å². The number of halogens is 1. The number of carbonyl (C=O) groups is 1. The first-order chi connectivity index (χ1) is 15.6. The quantitative estimate of drug-likeness (QED) is 0.581. The summed E-state index contributed by atoms with van der Waals surface area (Å²) in [7, 11) is 0. The molecule has 166 valence electrons. The summed E-state index contributed by atoms with van der Waals surface area (Å²) in [5.74, 6) is 1.39. The molecule has 2 aliphatic rings. The highest BCUT2D eigenvalue weighted by molar-refractivity contribution is 6.30. The Kier molecular flexibility index (Phi) is 5.83. The number of rotatable bonds is 5. The molecule has 1 aliphatic heterocycles. The van der Waals surface area contributed by atoms with Crippen LogP contribution in [0.5, 0.6) is 5.88 Å². The van der Waals surface area contributed by atoms with Gasteiger partial charge in [0.25, 0.3) is 0 Å². The van der Waals surface area contributed by atoms with Crippen LogP contribution in [0.4, 0.5) is 0 Å². The molecule has 8 heteroatoms. The van der Waals surface area contributed by atoms with E-state index in [0.717, 1.165) is 44.1 Å². The fourth-order valence-electron chi connectivity index (χ4n) is 4.93. The summed E-state index contributed by atoms with van der Waals surface area (Å²) in [4.78, 5) is 15.7. The number of nitrogens with zero attached hydrogens (tertiary/aromatic N) is 5. The third-order valence-electron chi connectivity index (χ3n) is 6.65. The highest BCUT2D eigenvalue weighted by Gasteiger charge is 2.45. The van der Waals surface area contributed by atoms with Gasteiger partial charge < -0.3 is 9.64 Å². The Morgan fingerprint density at radius 1 is 1.03 bits per heavy atom. The van der Waals surface area contributed by atoms with Gasteiger partial charge >= 0.3 is 0 Å². The number of amides is 1. The molecule has 1 saturated carbocycles. The number of ether oxygens (including phenoxy) is 1. The zero-order valence-electron chi connectivity index (χ0n) is 17.9. The van der Waals surface area contributed by atoms with Crippen LogP contribution in [0, 0.1) is 0 Å². The molecule has 0 bridgehead atoms. The van der Waals surface area contributed by atoms with Crippen LogP contribution in [0.25, 0.3) is 5.82 Å². The first-order valence-electron chi connectivity index (χ1n) is 11.2. The van der Waals surface area contributed by atoms with Crippen LogP contribution < -0.4 is 4.74 Å². The number of likely N-dealkylation sites (tertiary alicyclic amines) is 1. The number of aromatic nitrogens is 4. The normalized spacial score (nSPS) is 18.6. The van der Waals surface area contributed by atoms with Crippen molar-refractivity contribution in [1.29, 1.82) is 0 Å². The standard InChI is InChI=1S/C24H26ClN5O2/c25-19-6-4-18(5-7-19)24(12-1-2-13-24)23(31)29-16-10-20(11-17-29)32-22-9-8-21(27-28-22)30-15-3-14-26-30/h3-9,14-15,20H,1-2,10-13,16-17H2. The van der Waals surface area contributed by atoms with Crippen molar-refractivity contribution in [2.45, 2.75) is 50.0 Å². The largest absolute Gasteiger partial charge is 0.473 e. The Bertz CT molecular complexity index is 1040. The molecular weight excluding hydrogens is 426 g/mol. The molecule has 5 rings (SSSR count). The minimum absolute atomic E-state index is 0.0268. The van der Waals surface area contributed by atoms with E-state index in [-0.39, 0.29) is 12.0 Å². The molecule has 2 fully saturated rings. The van der Waals surface area contributed by atoms with Crippen molar-refractivity contribution in [3.63, 3.8) is 0 Å². The molecule has 0 spiro atoms. The van der Waals surface area contributed by atoms with Crippen molar-refractivity contribution in [3.8, 4) is 11.7 Å². The van der Waals surface area contributed by atoms with E-state index in [1.807, 2.05) is 53.6 Å². The van der Waals surface area contributed by atoms with Crippen molar-refractivity contribution in [2.24, 2.45) is 0 Å². The molecule has 0 unspecified atom stereocenters. The van der Waals surface area contributed by atoms with Crippen molar-refractivity contribution >= 4 is 17.5 Å². The van der Waals surface area contributed by atoms with Gasteiger partial charge in [-0.15, -0.1) is 10.2 Å². The van der Waals surface area contributed by atoms with E-state index in [4.69, 9.17) is 16.3 Å². The Hall–Kier alpha value is -2.93. The lowest BCUT2D eigenvalue weighted by Gasteiger charge is -2.38. The fourth-order valence-corrected chi connectivity index (χ4v) is 5.05. The third kappa shape index (κ3) is 4.09. The van der Waals surface area contributed by atoms with Gasteiger partial charge in [0.1, 0.15) is 6.10 Å². The lowest BCUT2D eigenvalue weighted by Crippen LogP contribution is -2.50. The van der Waals surface area contributed by atoms with E-state index in [1.165, 1.54) is 0 Å². The van der Waals surface area contributed by atoms with Gasteiger partial charge in [-0.3, -0.25) is 4.79 Å². The van der Waals surface area contributed by atoms with Gasteiger partial charge in [-0.25, -0.2) is 4.68 Å². The SMILES string of the molecule is O=C(N1CCC(Oc2ccc(-n3cccn3)nn2)CC1)C1(c2ccc(Cl)cc2)CCCC1. The number of hydrogen-bond acceptors (Lipinski definition) is 5. The molecule has 1 saturated heterocycles. The summed E-state index contributed by atoms with van der Waals surface area (Å²) in [5.41, 5.74) is 0.682. The number of benzene rings is 1. The molecule has 1 amide bonds. The summed E-state index contributed by atoms with van der Waals surface area (Å²) in [6, 6.07) is 13.3. The molecule has 3 heterocycles. The second-order valence-corrected chi connectivity index (χ2v) is 9.02. The minimum atomic E-state index is -0.411. The smallest absolute Gasteiger partial charge is 0.233 e. The minimum Gasteiger partial charge on any atom is -0.473 e. The second kappa shape index (κ2) is 8.90. The predicted octanol–water partition coefficient (Wildman–Crippen LogP) is 4.20. The molecule has 2 aromatic heterocycles. The molecule has 0 atom stereocenters. The molecule has 32 heavy (non-hydrogen) atoms. The van der Waals surface area contributed by atoms with E-state index < -0.39 is 5.41 Å². The van der Waals surface area contributed by atoms with Gasteiger partial charge in [0.15, 0.2) is 5.82 Å². The van der Waals surface area contributed by atoms with Gasteiger partial charge in [-0.1, -0.05) is 36.6 Å². The van der Waals surface area contributed by atoms with E-state index >= 15 is 0 Å². The van der Waals surface area contributed by atoms with Gasteiger partial charge in [0, 0.05) is 49.4 Å². The first-order valence-corrected chi connectivity index (χ1v) is 11.6. The molecular formula is C24H26ClN5O2. The zero-order chi connectivity index (χ0) is 22.0. The maximum absolute atomic E-state index is 13.6. The van der Waals surface area contributed by atoms with Gasteiger partial charge in [-0.05, 0) is 42.7 Å². The molecule has 1 aromatic carbocycles. The van der Waals surface area contributed by atoms with Crippen molar-refractivity contribution in [1.82, 2.24) is 24.9 Å². The fraction of sp³-hybridized carbons (Fsp3) is 0.417. The average Bonchev–Trinajstić information content (AvgIpc) is 3.54. The Labute approximate surface area is 192 Å². The zero-order valence-corrected chi connectivity index (χ0v) is 18.6. The average molecular weight is 452 g/mol. The van der Waals surface area contributed by atoms with Crippen molar-refractivity contribution in [3.05, 3.63) is 65.4 Å². The lowest BCUT2D eigenvalue weighted by atomic mass is 9.77. The van der Waals surface area contributed by atoms with Crippen LogP contribution >= 0.6 is 11.6 Å². The summed E-state index contributed by atoms with van der Waals surface area (Å²) in [5, 5.41) is 13.2. The maximum Gasteiger partial charge on any atom is 0.233 e. The molecule has 1 aliphatic carbocycles. The number of carbonyl (C=O) groups excluding carboxylic acids is 1. The maximum atomic E-state index is 13.6.